The number of nitrogens with one attached hydrogen (secondary N) is 2. The van der Waals surface area contributed by atoms with Crippen LogP contribution in [-0.4, -0.2) is 47.6 Å². The lowest BCUT2D eigenvalue weighted by atomic mass is 10.0. The Morgan fingerprint density at radius 3 is 2.77 bits per heavy atom. The molecule has 156 valence electrons. The zero-order chi connectivity index (χ0) is 21.3. The first-order valence-electron chi connectivity index (χ1n) is 9.77. The van der Waals surface area contributed by atoms with E-state index in [4.69, 9.17) is 4.74 Å². The highest BCUT2D eigenvalue weighted by atomic mass is 19.2. The van der Waals surface area contributed by atoms with Gasteiger partial charge in [0.05, 0.1) is 6.61 Å². The normalized spacial score (nSPS) is 14.0. The van der Waals surface area contributed by atoms with Crippen LogP contribution < -0.4 is 10.1 Å². The largest absolute Gasteiger partial charge is 0.493 e. The van der Waals surface area contributed by atoms with Gasteiger partial charge in [0.2, 0.25) is 0 Å². The van der Waals surface area contributed by atoms with Crippen LogP contribution in [0.2, 0.25) is 0 Å². The molecular weight excluding hydrogens is 390 g/mol. The molecule has 1 aliphatic rings. The Morgan fingerprint density at radius 1 is 1.27 bits per heavy atom. The minimum atomic E-state index is -0.949. The number of fused-ring (bicyclic) bond motifs is 1. The van der Waals surface area contributed by atoms with Gasteiger partial charge in [0.15, 0.2) is 11.6 Å². The lowest BCUT2D eigenvalue weighted by molar-refractivity contribution is 0.205. The molecule has 8 heteroatoms. The molecule has 0 unspecified atom stereocenters. The predicted molar refractivity (Wildman–Crippen MR) is 111 cm³/mol. The van der Waals surface area contributed by atoms with Crippen molar-refractivity contribution in [1.29, 1.82) is 0 Å². The number of rotatable bonds is 4. The smallest absolute Gasteiger partial charge is 0.317 e. The summed E-state index contributed by atoms with van der Waals surface area (Å²) in [5.74, 6) is -1.60. The fourth-order valence-electron chi connectivity index (χ4n) is 3.71. The molecule has 3 aromatic rings. The monoisotopic (exact) mass is 412 g/mol. The maximum atomic E-state index is 14.0. The first kappa shape index (κ1) is 19.9. The van der Waals surface area contributed by atoms with Crippen molar-refractivity contribution in [2.45, 2.75) is 13.3 Å². The summed E-state index contributed by atoms with van der Waals surface area (Å²) in [5, 5.41) is 3.42. The highest BCUT2D eigenvalue weighted by Gasteiger charge is 2.20. The zero-order valence-electron chi connectivity index (χ0n) is 16.8. The number of hydrogen-bond acceptors (Lipinski definition) is 3. The van der Waals surface area contributed by atoms with Gasteiger partial charge in [-0.15, -0.1) is 0 Å². The number of carbonyl (C=O) groups excluding carboxylic acids is 1. The molecule has 30 heavy (non-hydrogen) atoms. The van der Waals surface area contributed by atoms with Gasteiger partial charge in [-0.3, -0.25) is 0 Å². The van der Waals surface area contributed by atoms with E-state index in [2.05, 4.69) is 15.3 Å². The van der Waals surface area contributed by atoms with Crippen LogP contribution in [0.4, 0.5) is 13.6 Å². The predicted octanol–water partition coefficient (Wildman–Crippen LogP) is 4.34. The molecule has 0 bridgehead atoms. The number of H-pyrrole nitrogens is 1. The molecule has 2 aromatic heterocycles. The van der Waals surface area contributed by atoms with E-state index in [0.29, 0.717) is 42.9 Å². The number of benzene rings is 1. The van der Waals surface area contributed by atoms with Gasteiger partial charge in [-0.1, -0.05) is 6.08 Å². The summed E-state index contributed by atoms with van der Waals surface area (Å²) in [7, 11) is 1.61. The van der Waals surface area contributed by atoms with Crippen LogP contribution in [0.15, 0.2) is 36.5 Å². The molecule has 1 aromatic carbocycles. The summed E-state index contributed by atoms with van der Waals surface area (Å²) >= 11 is 0. The van der Waals surface area contributed by atoms with Crippen molar-refractivity contribution < 1.29 is 18.3 Å². The van der Waals surface area contributed by atoms with Gasteiger partial charge in [0.1, 0.15) is 11.4 Å². The summed E-state index contributed by atoms with van der Waals surface area (Å²) in [4.78, 5) is 21.2. The van der Waals surface area contributed by atoms with Crippen molar-refractivity contribution in [2.75, 3.05) is 26.7 Å². The van der Waals surface area contributed by atoms with Crippen LogP contribution in [0, 0.1) is 11.6 Å². The maximum Gasteiger partial charge on any atom is 0.317 e. The Bertz CT molecular complexity index is 1140. The quantitative estimate of drug-likeness (QED) is 0.670. The number of pyridine rings is 1. The SMILES string of the molecule is CCOc1cc(F)c(F)cc1-c1ccnc2[nH]c(C3=CCN(C(=O)NC)CC3)cc12. The molecule has 0 spiro atoms. The number of amides is 2. The number of aromatic amines is 1. The molecule has 3 heterocycles. The number of urea groups is 1. The number of aromatic nitrogens is 2. The van der Waals surface area contributed by atoms with Gasteiger partial charge in [-0.25, -0.2) is 18.6 Å². The Morgan fingerprint density at radius 2 is 2.07 bits per heavy atom. The van der Waals surface area contributed by atoms with Crippen molar-refractivity contribution in [2.24, 2.45) is 0 Å². The number of hydrogen-bond donors (Lipinski definition) is 2. The Kier molecular flexibility index (Phi) is 5.39. The molecule has 2 amide bonds. The van der Waals surface area contributed by atoms with Crippen LogP contribution in [0.3, 0.4) is 0 Å². The van der Waals surface area contributed by atoms with E-state index in [-0.39, 0.29) is 11.8 Å². The number of halogens is 2. The number of nitrogens with zero attached hydrogens (tertiary/aromatic N) is 2. The summed E-state index contributed by atoms with van der Waals surface area (Å²) in [6, 6.07) is 5.84. The molecule has 6 nitrogen and oxygen atoms in total. The van der Waals surface area contributed by atoms with E-state index in [1.54, 1.807) is 31.1 Å². The van der Waals surface area contributed by atoms with E-state index in [0.717, 1.165) is 28.8 Å². The fraction of sp³-hybridized carbons (Fsp3) is 0.273. The lowest BCUT2D eigenvalue weighted by Crippen LogP contribution is -2.40. The minimum Gasteiger partial charge on any atom is -0.493 e. The summed E-state index contributed by atoms with van der Waals surface area (Å²) in [6.45, 7) is 3.25. The Labute approximate surface area is 172 Å². The van der Waals surface area contributed by atoms with Crippen molar-refractivity contribution in [3.05, 3.63) is 53.9 Å². The van der Waals surface area contributed by atoms with Crippen molar-refractivity contribution in [3.8, 4) is 16.9 Å². The van der Waals surface area contributed by atoms with Crippen LogP contribution >= 0.6 is 0 Å². The molecule has 0 saturated heterocycles. The second-order valence-corrected chi connectivity index (χ2v) is 6.98. The second-order valence-electron chi connectivity index (χ2n) is 6.98. The molecule has 4 rings (SSSR count). The molecule has 0 saturated carbocycles. The van der Waals surface area contributed by atoms with Gasteiger partial charge in [-0.05, 0) is 42.7 Å². The number of carbonyl (C=O) groups is 1. The number of ether oxygens (including phenoxy) is 1. The van der Waals surface area contributed by atoms with Crippen LogP contribution in [0.1, 0.15) is 19.0 Å². The molecule has 1 aliphatic heterocycles. The van der Waals surface area contributed by atoms with Gasteiger partial charge >= 0.3 is 6.03 Å². The van der Waals surface area contributed by atoms with Gasteiger partial charge in [-0.2, -0.15) is 0 Å². The first-order valence-corrected chi connectivity index (χ1v) is 9.77. The molecule has 0 radical (unpaired) electrons. The topological polar surface area (TPSA) is 70.2 Å². The fourth-order valence-corrected chi connectivity index (χ4v) is 3.71. The van der Waals surface area contributed by atoms with E-state index in [1.807, 2.05) is 12.1 Å². The Balaban J connectivity index is 1.75. The molecule has 2 N–H and O–H groups in total. The van der Waals surface area contributed by atoms with Gasteiger partial charge in [0, 0.05) is 49.0 Å². The van der Waals surface area contributed by atoms with E-state index >= 15 is 0 Å². The standard InChI is InChI=1S/C22H22F2N4O2/c1-3-30-20-12-18(24)17(23)10-15(20)14-4-7-26-21-16(14)11-19(27-21)13-5-8-28(9-6-13)22(29)25-2/h4-5,7,10-12H,3,6,8-9H2,1-2H3,(H,25,29)(H,26,27). The first-order chi connectivity index (χ1) is 14.5. The highest BCUT2D eigenvalue weighted by Crippen LogP contribution is 2.37. The summed E-state index contributed by atoms with van der Waals surface area (Å²) < 4.78 is 33.3. The van der Waals surface area contributed by atoms with E-state index in [9.17, 15) is 13.6 Å². The van der Waals surface area contributed by atoms with Gasteiger partial charge in [0.25, 0.3) is 0 Å². The summed E-state index contributed by atoms with van der Waals surface area (Å²) in [6.07, 6.45) is 4.33. The zero-order valence-corrected chi connectivity index (χ0v) is 16.8. The maximum absolute atomic E-state index is 14.0. The third-order valence-corrected chi connectivity index (χ3v) is 5.20. The average molecular weight is 412 g/mol. The van der Waals surface area contributed by atoms with E-state index in [1.165, 1.54) is 0 Å². The van der Waals surface area contributed by atoms with Crippen molar-refractivity contribution in [1.82, 2.24) is 20.2 Å². The lowest BCUT2D eigenvalue weighted by Gasteiger charge is -2.25. The van der Waals surface area contributed by atoms with Gasteiger partial charge < -0.3 is 19.9 Å². The third kappa shape index (κ3) is 3.60. The summed E-state index contributed by atoms with van der Waals surface area (Å²) in [5.41, 5.74) is 3.78. The van der Waals surface area contributed by atoms with Crippen LogP contribution in [-0.2, 0) is 0 Å². The highest BCUT2D eigenvalue weighted by molar-refractivity contribution is 5.96. The molecule has 0 aliphatic carbocycles. The molecular formula is C22H22F2N4O2. The molecule has 0 fully saturated rings. The van der Waals surface area contributed by atoms with Crippen LogP contribution in [0.25, 0.3) is 27.7 Å². The average Bonchev–Trinajstić information content (AvgIpc) is 3.20. The van der Waals surface area contributed by atoms with Crippen molar-refractivity contribution >= 4 is 22.6 Å². The minimum absolute atomic E-state index is 0.104. The third-order valence-electron chi connectivity index (χ3n) is 5.20. The van der Waals surface area contributed by atoms with Crippen LogP contribution in [0.5, 0.6) is 5.75 Å². The second kappa shape index (κ2) is 8.14. The Hall–Kier alpha value is -3.42. The van der Waals surface area contributed by atoms with E-state index < -0.39 is 11.6 Å². The van der Waals surface area contributed by atoms with Crippen molar-refractivity contribution in [3.63, 3.8) is 0 Å². The molecule has 0 atom stereocenters.